The molecule has 3 aromatic rings. The molecule has 0 atom stereocenters. The van der Waals surface area contributed by atoms with Crippen LogP contribution in [-0.4, -0.2) is 59.2 Å². The number of hydrogen-bond donors (Lipinski definition) is 1. The molecule has 1 aliphatic heterocycles. The molecule has 1 saturated heterocycles. The molecule has 154 valence electrons. The largest absolute Gasteiger partial charge is 0.475 e. The monoisotopic (exact) mass is 402 g/mol. The summed E-state index contributed by atoms with van der Waals surface area (Å²) < 4.78 is 5.71. The van der Waals surface area contributed by atoms with Crippen LogP contribution in [0.15, 0.2) is 36.5 Å². The van der Waals surface area contributed by atoms with Crippen molar-refractivity contribution in [1.29, 1.82) is 0 Å². The molecule has 0 bridgehead atoms. The topological polar surface area (TPSA) is 66.4 Å². The van der Waals surface area contributed by atoms with Crippen molar-refractivity contribution < 1.29 is 4.74 Å². The minimum absolute atomic E-state index is 0.00109. The molecule has 3 heterocycles. The van der Waals surface area contributed by atoms with Crippen LogP contribution in [0.1, 0.15) is 19.4 Å². The molecule has 0 radical (unpaired) electrons. The average Bonchev–Trinajstić information content (AvgIpc) is 2.73. The summed E-state index contributed by atoms with van der Waals surface area (Å²) in [6, 6.07) is 10.1. The van der Waals surface area contributed by atoms with E-state index >= 15 is 0 Å². The second kappa shape index (κ2) is 8.56. The van der Waals surface area contributed by atoms with Crippen LogP contribution in [-0.2, 0) is 0 Å². The van der Waals surface area contributed by atoms with Gasteiger partial charge in [0.1, 0.15) is 0 Å². The second-order valence-electron chi connectivity index (χ2n) is 7.71. The Morgan fingerprint density at radius 3 is 2.50 bits per heavy atom. The third-order valence-electron chi connectivity index (χ3n) is 5.05. The molecule has 4 rings (SSSR count). The molecule has 1 aromatic carbocycles. The van der Waals surface area contributed by atoms with E-state index in [1.54, 1.807) is 12.3 Å². The van der Waals surface area contributed by atoms with Gasteiger partial charge >= 0.3 is 0 Å². The maximum atomic E-state index is 5.71. The smallest absolute Gasteiger partial charge is 0.229 e. The molecule has 2 aromatic heterocycles. The lowest BCUT2D eigenvalue weighted by atomic mass is 10.2. The van der Waals surface area contributed by atoms with Crippen molar-refractivity contribution >= 4 is 28.4 Å². The first-order valence-electron chi connectivity index (χ1n) is 10.1. The molecule has 0 aliphatic carbocycles. The van der Waals surface area contributed by atoms with Gasteiger partial charge in [-0.15, -0.1) is 6.42 Å². The van der Waals surface area contributed by atoms with Crippen LogP contribution in [0.3, 0.4) is 0 Å². The number of likely N-dealkylation sites (N-methyl/N-ethyl adjacent to an activating group) is 1. The maximum absolute atomic E-state index is 5.71. The molecule has 0 unspecified atom stereocenters. The number of ether oxygens (including phenoxy) is 1. The molecule has 1 fully saturated rings. The average molecular weight is 403 g/mol. The zero-order valence-electron chi connectivity index (χ0n) is 17.6. The van der Waals surface area contributed by atoms with Crippen molar-refractivity contribution in [2.24, 2.45) is 0 Å². The van der Waals surface area contributed by atoms with Gasteiger partial charge in [0, 0.05) is 55.4 Å². The fourth-order valence-corrected chi connectivity index (χ4v) is 3.42. The van der Waals surface area contributed by atoms with Crippen LogP contribution >= 0.6 is 0 Å². The summed E-state index contributed by atoms with van der Waals surface area (Å²) in [5, 5.41) is 3.98. The van der Waals surface area contributed by atoms with Gasteiger partial charge in [0.25, 0.3) is 0 Å². The number of rotatable bonds is 5. The van der Waals surface area contributed by atoms with Crippen molar-refractivity contribution in [3.05, 3.63) is 42.1 Å². The van der Waals surface area contributed by atoms with E-state index in [-0.39, 0.29) is 6.10 Å². The molecular weight excluding hydrogens is 376 g/mol. The Balaban J connectivity index is 1.54. The number of nitrogens with zero attached hydrogens (tertiary/aromatic N) is 5. The lowest BCUT2D eigenvalue weighted by molar-refractivity contribution is 0.233. The lowest BCUT2D eigenvalue weighted by Crippen LogP contribution is -2.44. The fraction of sp³-hybridized carbons (Fsp3) is 0.348. The molecule has 0 saturated carbocycles. The van der Waals surface area contributed by atoms with Crippen molar-refractivity contribution in [3.8, 4) is 18.2 Å². The first-order valence-corrected chi connectivity index (χ1v) is 10.1. The number of terminal acetylenes is 1. The van der Waals surface area contributed by atoms with E-state index in [4.69, 9.17) is 11.2 Å². The fourth-order valence-electron chi connectivity index (χ4n) is 3.42. The SMILES string of the molecule is C#Cc1cc(OC(C)C)nc2nc(Nc3ccc(N4CCN(C)CC4)cc3)ncc12. The highest BCUT2D eigenvalue weighted by molar-refractivity contribution is 5.83. The Morgan fingerprint density at radius 1 is 1.10 bits per heavy atom. The first-order chi connectivity index (χ1) is 14.5. The normalized spacial score (nSPS) is 14.7. The Bertz CT molecular complexity index is 1070. The molecule has 0 spiro atoms. The number of pyridine rings is 1. The van der Waals surface area contributed by atoms with Crippen LogP contribution in [0, 0.1) is 12.3 Å². The van der Waals surface area contributed by atoms with Crippen LogP contribution < -0.4 is 15.0 Å². The summed E-state index contributed by atoms with van der Waals surface area (Å²) in [7, 11) is 2.16. The lowest BCUT2D eigenvalue weighted by Gasteiger charge is -2.34. The molecule has 30 heavy (non-hydrogen) atoms. The van der Waals surface area contributed by atoms with Gasteiger partial charge in [0.2, 0.25) is 11.8 Å². The summed E-state index contributed by atoms with van der Waals surface area (Å²) in [4.78, 5) is 18.2. The highest BCUT2D eigenvalue weighted by atomic mass is 16.5. The van der Waals surface area contributed by atoms with Gasteiger partial charge in [-0.2, -0.15) is 9.97 Å². The Hall–Kier alpha value is -3.37. The van der Waals surface area contributed by atoms with E-state index in [9.17, 15) is 0 Å². The van der Waals surface area contributed by atoms with E-state index in [0.29, 0.717) is 23.0 Å². The quantitative estimate of drug-likeness (QED) is 0.657. The maximum Gasteiger partial charge on any atom is 0.229 e. The minimum atomic E-state index is -0.00109. The molecule has 7 heteroatoms. The van der Waals surface area contributed by atoms with Gasteiger partial charge in [-0.25, -0.2) is 4.98 Å². The van der Waals surface area contributed by atoms with Crippen LogP contribution in [0.4, 0.5) is 17.3 Å². The van der Waals surface area contributed by atoms with Crippen molar-refractivity contribution in [3.63, 3.8) is 0 Å². The zero-order chi connectivity index (χ0) is 21.1. The van der Waals surface area contributed by atoms with Crippen LogP contribution in [0.2, 0.25) is 0 Å². The van der Waals surface area contributed by atoms with E-state index in [0.717, 1.165) is 37.3 Å². The molecule has 0 amide bonds. The number of piperazine rings is 1. The number of hydrogen-bond acceptors (Lipinski definition) is 7. The Labute approximate surface area is 177 Å². The summed E-state index contributed by atoms with van der Waals surface area (Å²) in [6.07, 6.45) is 7.35. The Morgan fingerprint density at radius 2 is 1.83 bits per heavy atom. The summed E-state index contributed by atoms with van der Waals surface area (Å²) in [6.45, 7) is 8.14. The van der Waals surface area contributed by atoms with Crippen LogP contribution in [0.5, 0.6) is 5.88 Å². The molecule has 1 N–H and O–H groups in total. The Kier molecular flexibility index (Phi) is 5.68. The zero-order valence-corrected chi connectivity index (χ0v) is 17.6. The minimum Gasteiger partial charge on any atom is -0.475 e. The van der Waals surface area contributed by atoms with E-state index in [1.807, 2.05) is 26.0 Å². The summed E-state index contributed by atoms with van der Waals surface area (Å²) in [5.41, 5.74) is 3.31. The van der Waals surface area contributed by atoms with Crippen molar-refractivity contribution in [1.82, 2.24) is 19.9 Å². The van der Waals surface area contributed by atoms with E-state index < -0.39 is 0 Å². The predicted molar refractivity (Wildman–Crippen MR) is 120 cm³/mol. The number of fused-ring (bicyclic) bond motifs is 1. The molecule has 1 aliphatic rings. The summed E-state index contributed by atoms with van der Waals surface area (Å²) >= 11 is 0. The standard InChI is InChI=1S/C23H26N6O/c1-5-17-14-21(30-16(2)3)26-22-20(17)15-24-23(27-22)25-18-6-8-19(9-7-18)29-12-10-28(4)11-13-29/h1,6-9,14-16H,10-13H2,2-4H3,(H,24,25,26,27). The van der Waals surface area contributed by atoms with Crippen molar-refractivity contribution in [2.75, 3.05) is 43.4 Å². The van der Waals surface area contributed by atoms with Crippen molar-refractivity contribution in [2.45, 2.75) is 20.0 Å². The van der Waals surface area contributed by atoms with Gasteiger partial charge in [-0.3, -0.25) is 0 Å². The molecular formula is C23H26N6O. The number of anilines is 3. The molecule has 7 nitrogen and oxygen atoms in total. The van der Waals surface area contributed by atoms with Gasteiger partial charge in [-0.1, -0.05) is 5.92 Å². The van der Waals surface area contributed by atoms with Gasteiger partial charge in [0.05, 0.1) is 11.5 Å². The highest BCUT2D eigenvalue weighted by Gasteiger charge is 2.14. The van der Waals surface area contributed by atoms with Gasteiger partial charge < -0.3 is 19.9 Å². The van der Waals surface area contributed by atoms with Gasteiger partial charge in [-0.05, 0) is 45.2 Å². The first kappa shape index (κ1) is 19.9. The third kappa shape index (κ3) is 4.44. The van der Waals surface area contributed by atoms with Gasteiger partial charge in [0.15, 0.2) is 5.65 Å². The number of benzene rings is 1. The predicted octanol–water partition coefficient (Wildman–Crippen LogP) is 3.29. The highest BCUT2D eigenvalue weighted by Crippen LogP contribution is 2.24. The number of nitrogens with one attached hydrogen (secondary N) is 1. The third-order valence-corrected chi connectivity index (χ3v) is 5.05. The van der Waals surface area contributed by atoms with E-state index in [1.165, 1.54) is 5.69 Å². The van der Waals surface area contributed by atoms with Crippen LogP contribution in [0.25, 0.3) is 11.0 Å². The van der Waals surface area contributed by atoms with E-state index in [2.05, 4.69) is 55.2 Å². The number of aromatic nitrogens is 3. The second-order valence-corrected chi connectivity index (χ2v) is 7.71. The summed E-state index contributed by atoms with van der Waals surface area (Å²) in [5.74, 6) is 3.59.